The minimum Gasteiger partial charge on any atom is -0.487 e. The van der Waals surface area contributed by atoms with E-state index in [-0.39, 0.29) is 5.92 Å². The van der Waals surface area contributed by atoms with E-state index in [2.05, 4.69) is 19.9 Å². The minimum atomic E-state index is -0.126. The fourth-order valence-corrected chi connectivity index (χ4v) is 3.95. The molecule has 0 aliphatic heterocycles. The van der Waals surface area contributed by atoms with Crippen molar-refractivity contribution in [1.82, 2.24) is 4.98 Å². The number of benzene rings is 1. The molecule has 1 atom stereocenters. The summed E-state index contributed by atoms with van der Waals surface area (Å²) >= 11 is 12.6. The molecule has 3 nitrogen and oxygen atoms in total. The molecule has 1 aromatic heterocycles. The molecule has 0 N–H and O–H groups in total. The van der Waals surface area contributed by atoms with Gasteiger partial charge in [-0.1, -0.05) is 38.8 Å². The first-order valence-electron chi connectivity index (χ1n) is 8.83. The van der Waals surface area contributed by atoms with Gasteiger partial charge in [0.25, 0.3) is 0 Å². The normalized spacial score (nSPS) is 12.1. The molecule has 0 saturated heterocycles. The molecule has 6 heteroatoms. The van der Waals surface area contributed by atoms with Crippen molar-refractivity contribution >= 4 is 56.1 Å². The number of nitrogens with zero attached hydrogens (tertiary/aromatic N) is 1. The Balaban J connectivity index is 2.13. The number of fused-ring (bicyclic) bond motifs is 1. The molecular formula is C19H25NO2S3. The predicted molar refractivity (Wildman–Crippen MR) is 114 cm³/mol. The lowest BCUT2D eigenvalue weighted by Gasteiger charge is -2.17. The molecule has 0 saturated carbocycles. The van der Waals surface area contributed by atoms with E-state index in [4.69, 9.17) is 38.9 Å². The van der Waals surface area contributed by atoms with Crippen LogP contribution in [0, 0.1) is 0 Å². The molecule has 1 aromatic carbocycles. The molecule has 0 aliphatic carbocycles. The molecule has 2 rings (SSSR count). The van der Waals surface area contributed by atoms with E-state index in [9.17, 15) is 0 Å². The molecule has 136 valence electrons. The Morgan fingerprint density at radius 1 is 1.08 bits per heavy atom. The van der Waals surface area contributed by atoms with Crippen LogP contribution in [0.15, 0.2) is 24.3 Å². The third-order valence-corrected chi connectivity index (χ3v) is 5.60. The summed E-state index contributed by atoms with van der Waals surface area (Å²) in [4.78, 5) is 4.75. The fraction of sp³-hybridized carbons (Fsp3) is 0.526. The van der Waals surface area contributed by atoms with Crippen molar-refractivity contribution in [3.63, 3.8) is 0 Å². The van der Waals surface area contributed by atoms with Crippen LogP contribution in [0.25, 0.3) is 10.2 Å². The number of unbranched alkanes of at least 4 members (excludes halogenated alkanes) is 2. The summed E-state index contributed by atoms with van der Waals surface area (Å²) in [5.41, 5.74) is 0.988. The SMILES string of the molecule is CCCCOC(=S)CC(C(=S)OCCCC)c1nc2ccccc2s1. The highest BCUT2D eigenvalue weighted by Crippen LogP contribution is 2.31. The van der Waals surface area contributed by atoms with Crippen molar-refractivity contribution in [2.75, 3.05) is 13.2 Å². The second kappa shape index (κ2) is 10.8. The number of thiocarbonyl (C=S) groups is 2. The van der Waals surface area contributed by atoms with E-state index in [1.807, 2.05) is 18.2 Å². The zero-order valence-electron chi connectivity index (χ0n) is 14.8. The standard InChI is InChI=1S/C19H25NO2S3/c1-3-5-11-21-17(23)13-14(19(24)22-12-6-4-2)18-20-15-9-7-8-10-16(15)25-18/h7-10,14H,3-6,11-13H2,1-2H3. The Bertz CT molecular complexity index is 666. The minimum absolute atomic E-state index is 0.126. The zero-order valence-corrected chi connectivity index (χ0v) is 17.3. The van der Waals surface area contributed by atoms with Crippen molar-refractivity contribution in [2.45, 2.75) is 51.9 Å². The lowest BCUT2D eigenvalue weighted by Crippen LogP contribution is -2.19. The first-order valence-corrected chi connectivity index (χ1v) is 10.5. The monoisotopic (exact) mass is 395 g/mol. The van der Waals surface area contributed by atoms with Crippen LogP contribution in [0.4, 0.5) is 0 Å². The van der Waals surface area contributed by atoms with Gasteiger partial charge in [0.05, 0.1) is 29.3 Å². The first-order chi connectivity index (χ1) is 12.2. The molecule has 0 amide bonds. The van der Waals surface area contributed by atoms with Crippen LogP contribution in [0.5, 0.6) is 0 Å². The lowest BCUT2D eigenvalue weighted by molar-refractivity contribution is 0.282. The Morgan fingerprint density at radius 3 is 2.44 bits per heavy atom. The predicted octanol–water partition coefficient (Wildman–Crippen LogP) is 6.06. The van der Waals surface area contributed by atoms with Crippen molar-refractivity contribution in [2.24, 2.45) is 0 Å². The summed E-state index contributed by atoms with van der Waals surface area (Å²) in [6.45, 7) is 5.56. The zero-order chi connectivity index (χ0) is 18.1. The van der Waals surface area contributed by atoms with Gasteiger partial charge in [-0.3, -0.25) is 0 Å². The maximum absolute atomic E-state index is 5.80. The van der Waals surface area contributed by atoms with Crippen LogP contribution in [0.3, 0.4) is 0 Å². The van der Waals surface area contributed by atoms with E-state index in [0.29, 0.717) is 29.7 Å². The molecular weight excluding hydrogens is 370 g/mol. The number of aromatic nitrogens is 1. The van der Waals surface area contributed by atoms with Gasteiger partial charge in [-0.05, 0) is 49.4 Å². The smallest absolute Gasteiger partial charge is 0.170 e. The van der Waals surface area contributed by atoms with Gasteiger partial charge in [0, 0.05) is 6.42 Å². The van der Waals surface area contributed by atoms with Gasteiger partial charge in [-0.25, -0.2) is 4.98 Å². The van der Waals surface area contributed by atoms with Gasteiger partial charge >= 0.3 is 0 Å². The molecule has 0 spiro atoms. The molecule has 0 radical (unpaired) electrons. The summed E-state index contributed by atoms with van der Waals surface area (Å²) < 4.78 is 12.6. The highest BCUT2D eigenvalue weighted by Gasteiger charge is 2.25. The summed E-state index contributed by atoms with van der Waals surface area (Å²) in [6, 6.07) is 8.11. The molecule has 25 heavy (non-hydrogen) atoms. The van der Waals surface area contributed by atoms with Gasteiger partial charge in [0.2, 0.25) is 0 Å². The van der Waals surface area contributed by atoms with Gasteiger partial charge in [-0.15, -0.1) is 11.3 Å². The Hall–Kier alpha value is -1.11. The Morgan fingerprint density at radius 2 is 1.76 bits per heavy atom. The van der Waals surface area contributed by atoms with Crippen molar-refractivity contribution in [3.05, 3.63) is 29.3 Å². The molecule has 0 bridgehead atoms. The van der Waals surface area contributed by atoms with E-state index in [1.54, 1.807) is 11.3 Å². The average Bonchev–Trinajstić information content (AvgIpc) is 3.03. The third kappa shape index (κ3) is 6.28. The van der Waals surface area contributed by atoms with Crippen LogP contribution in [0.1, 0.15) is 56.9 Å². The Labute approximate surface area is 164 Å². The topological polar surface area (TPSA) is 31.4 Å². The van der Waals surface area contributed by atoms with Crippen molar-refractivity contribution < 1.29 is 9.47 Å². The van der Waals surface area contributed by atoms with Crippen molar-refractivity contribution in [1.29, 1.82) is 0 Å². The molecule has 1 unspecified atom stereocenters. The summed E-state index contributed by atoms with van der Waals surface area (Å²) in [6.07, 6.45) is 4.70. The van der Waals surface area contributed by atoms with Crippen LogP contribution in [-0.4, -0.2) is 28.3 Å². The highest BCUT2D eigenvalue weighted by molar-refractivity contribution is 7.80. The Kier molecular flexibility index (Phi) is 8.72. The van der Waals surface area contributed by atoms with Crippen LogP contribution < -0.4 is 0 Å². The number of hydrogen-bond donors (Lipinski definition) is 0. The van der Waals surface area contributed by atoms with Gasteiger partial charge < -0.3 is 9.47 Å². The molecule has 1 heterocycles. The average molecular weight is 396 g/mol. The van der Waals surface area contributed by atoms with E-state index >= 15 is 0 Å². The number of para-hydroxylation sites is 1. The first kappa shape index (κ1) is 20.2. The number of rotatable bonds is 10. The third-order valence-electron chi connectivity index (χ3n) is 3.77. The summed E-state index contributed by atoms with van der Waals surface area (Å²) in [7, 11) is 0. The molecule has 0 aliphatic rings. The number of ether oxygens (including phenoxy) is 2. The maximum Gasteiger partial charge on any atom is 0.170 e. The number of hydrogen-bond acceptors (Lipinski definition) is 6. The van der Waals surface area contributed by atoms with Crippen LogP contribution in [0.2, 0.25) is 0 Å². The molecule has 0 fully saturated rings. The second-order valence-corrected chi connectivity index (χ2v) is 7.79. The van der Waals surface area contributed by atoms with Crippen LogP contribution in [-0.2, 0) is 9.47 Å². The van der Waals surface area contributed by atoms with E-state index in [1.165, 1.54) is 0 Å². The van der Waals surface area contributed by atoms with Gasteiger partial charge in [0.1, 0.15) is 5.01 Å². The second-order valence-electron chi connectivity index (χ2n) is 5.87. The highest BCUT2D eigenvalue weighted by atomic mass is 32.1. The summed E-state index contributed by atoms with van der Waals surface area (Å²) in [5.74, 6) is -0.126. The fourth-order valence-electron chi connectivity index (χ4n) is 2.28. The maximum atomic E-state index is 5.80. The van der Waals surface area contributed by atoms with E-state index in [0.717, 1.165) is 40.9 Å². The van der Waals surface area contributed by atoms with Gasteiger partial charge in [-0.2, -0.15) is 0 Å². The largest absolute Gasteiger partial charge is 0.487 e. The quantitative estimate of drug-likeness (QED) is 0.361. The molecule has 2 aromatic rings. The van der Waals surface area contributed by atoms with E-state index < -0.39 is 0 Å². The van der Waals surface area contributed by atoms with Gasteiger partial charge in [0.15, 0.2) is 10.1 Å². The lowest BCUT2D eigenvalue weighted by atomic mass is 10.1. The number of thiazole rings is 1. The van der Waals surface area contributed by atoms with Crippen molar-refractivity contribution in [3.8, 4) is 0 Å². The summed E-state index contributed by atoms with van der Waals surface area (Å²) in [5, 5.41) is 2.09. The van der Waals surface area contributed by atoms with Crippen LogP contribution >= 0.6 is 35.8 Å².